The van der Waals surface area contributed by atoms with Gasteiger partial charge in [0.1, 0.15) is 11.7 Å². The molecule has 8 nitrogen and oxygen atoms in total. The summed E-state index contributed by atoms with van der Waals surface area (Å²) in [5.41, 5.74) is -0.800. The molecule has 0 saturated carbocycles. The number of benzene rings is 3. The van der Waals surface area contributed by atoms with E-state index >= 15 is 0 Å². The predicted octanol–water partition coefficient (Wildman–Crippen LogP) is 4.13. The number of amides is 2. The molecule has 2 amide bonds. The fourth-order valence-corrected chi connectivity index (χ4v) is 4.04. The van der Waals surface area contributed by atoms with E-state index in [-0.39, 0.29) is 0 Å². The Balaban J connectivity index is 1.94. The minimum Gasteiger partial charge on any atom is -0.497 e. The number of ether oxygens (including phenoxy) is 2. The zero-order chi connectivity index (χ0) is 22.7. The van der Waals surface area contributed by atoms with Crippen molar-refractivity contribution in [2.24, 2.45) is 0 Å². The summed E-state index contributed by atoms with van der Waals surface area (Å²) in [5, 5.41) is 11.7. The Morgan fingerprint density at radius 3 is 2.28 bits per heavy atom. The van der Waals surface area contributed by atoms with Crippen molar-refractivity contribution in [1.29, 1.82) is 0 Å². The number of hydrogen-bond donors (Lipinski definition) is 0. The van der Waals surface area contributed by atoms with Crippen molar-refractivity contribution >= 4 is 17.7 Å². The highest BCUT2D eigenvalue weighted by Gasteiger charge is 2.62. The summed E-state index contributed by atoms with van der Waals surface area (Å²) in [6, 6.07) is 23.4. The van der Waals surface area contributed by atoms with E-state index in [1.165, 1.54) is 7.11 Å². The number of rotatable bonds is 7. The first kappa shape index (κ1) is 21.0. The van der Waals surface area contributed by atoms with Gasteiger partial charge < -0.3 is 9.47 Å². The number of imide groups is 1. The molecule has 0 spiro atoms. The second kappa shape index (κ2) is 8.50. The maximum Gasteiger partial charge on any atom is 0.422 e. The minimum atomic E-state index is -1.92. The number of carbonyl (C=O) groups excluding carboxylic acids is 2. The molecule has 4 rings (SSSR count). The van der Waals surface area contributed by atoms with Crippen LogP contribution in [0.2, 0.25) is 0 Å². The van der Waals surface area contributed by atoms with Crippen molar-refractivity contribution in [3.63, 3.8) is 0 Å². The van der Waals surface area contributed by atoms with Gasteiger partial charge in [0.25, 0.3) is 5.91 Å². The number of methoxy groups -OCH3 is 1. The van der Waals surface area contributed by atoms with E-state index < -0.39 is 35.0 Å². The van der Waals surface area contributed by atoms with E-state index in [4.69, 9.17) is 9.47 Å². The van der Waals surface area contributed by atoms with E-state index in [9.17, 15) is 19.7 Å². The molecule has 0 radical (unpaired) electrons. The first-order valence-electron chi connectivity index (χ1n) is 9.91. The number of cyclic esters (lactones) is 1. The highest BCUT2D eigenvalue weighted by molar-refractivity contribution is 6.20. The summed E-state index contributed by atoms with van der Waals surface area (Å²) in [7, 11) is 1.48. The minimum absolute atomic E-state index is 0.325. The lowest BCUT2D eigenvalue weighted by atomic mass is 9.76. The Morgan fingerprint density at radius 2 is 1.66 bits per heavy atom. The first-order chi connectivity index (χ1) is 15.5. The van der Waals surface area contributed by atoms with Crippen LogP contribution in [0.4, 0.5) is 10.5 Å². The van der Waals surface area contributed by atoms with Gasteiger partial charge in [-0.05, 0) is 29.8 Å². The second-order valence-corrected chi connectivity index (χ2v) is 7.29. The zero-order valence-corrected chi connectivity index (χ0v) is 17.2. The molecule has 1 unspecified atom stereocenters. The lowest BCUT2D eigenvalue weighted by Gasteiger charge is -2.32. The third-order valence-corrected chi connectivity index (χ3v) is 5.49. The average molecular weight is 432 g/mol. The Kier molecular flexibility index (Phi) is 5.59. The molecule has 0 aromatic heterocycles. The Morgan fingerprint density at radius 1 is 1.00 bits per heavy atom. The maximum absolute atomic E-state index is 13.9. The van der Waals surface area contributed by atoms with Gasteiger partial charge in [0, 0.05) is 10.5 Å². The van der Waals surface area contributed by atoms with Crippen molar-refractivity contribution < 1.29 is 24.0 Å². The fourth-order valence-electron chi connectivity index (χ4n) is 4.04. The van der Waals surface area contributed by atoms with Gasteiger partial charge in [0.15, 0.2) is 0 Å². The van der Waals surface area contributed by atoms with Crippen molar-refractivity contribution in [1.82, 2.24) is 0 Å². The van der Waals surface area contributed by atoms with E-state index in [1.54, 1.807) is 84.9 Å². The highest BCUT2D eigenvalue weighted by Crippen LogP contribution is 2.47. The zero-order valence-electron chi connectivity index (χ0n) is 17.2. The van der Waals surface area contributed by atoms with Crippen LogP contribution in [0.15, 0.2) is 84.9 Å². The van der Waals surface area contributed by atoms with Gasteiger partial charge in [-0.25, -0.2) is 9.69 Å². The third kappa shape index (κ3) is 3.56. The van der Waals surface area contributed by atoms with Crippen LogP contribution in [0.1, 0.15) is 17.0 Å². The van der Waals surface area contributed by atoms with E-state index in [2.05, 4.69) is 0 Å². The summed E-state index contributed by atoms with van der Waals surface area (Å²) < 4.78 is 11.1. The number of nitrogens with zero attached hydrogens (tertiary/aromatic N) is 2. The van der Waals surface area contributed by atoms with Crippen LogP contribution in [-0.4, -0.2) is 30.6 Å². The van der Waals surface area contributed by atoms with Gasteiger partial charge in [-0.3, -0.25) is 14.9 Å². The molecule has 8 heteroatoms. The molecular formula is C24H20N2O6. The largest absolute Gasteiger partial charge is 0.497 e. The predicted molar refractivity (Wildman–Crippen MR) is 116 cm³/mol. The number of anilines is 1. The molecule has 1 saturated heterocycles. The number of para-hydroxylation sites is 1. The molecule has 0 bridgehead atoms. The van der Waals surface area contributed by atoms with Crippen LogP contribution in [0.5, 0.6) is 5.75 Å². The molecular weight excluding hydrogens is 412 g/mol. The van der Waals surface area contributed by atoms with Crippen molar-refractivity contribution in [3.05, 3.63) is 106 Å². The standard InChI is InChI=1S/C24H20N2O6/c1-31-20-14-8-9-17(15-20)21(16-25(29)30)24(18-10-4-2-5-11-18)22(27)26(23(28)32-24)19-12-6-3-7-13-19/h2-15,21H,16H2,1H3/t21-,24?/m1/s1. The van der Waals surface area contributed by atoms with E-state index in [0.717, 1.165) is 4.90 Å². The highest BCUT2D eigenvalue weighted by atomic mass is 16.6. The van der Waals surface area contributed by atoms with Gasteiger partial charge in [0.2, 0.25) is 12.1 Å². The molecule has 32 heavy (non-hydrogen) atoms. The quantitative estimate of drug-likeness (QED) is 0.411. The Bertz CT molecular complexity index is 1150. The molecule has 0 N–H and O–H groups in total. The lowest BCUT2D eigenvalue weighted by molar-refractivity contribution is -0.486. The monoisotopic (exact) mass is 432 g/mol. The van der Waals surface area contributed by atoms with Gasteiger partial charge in [-0.2, -0.15) is 0 Å². The first-order valence-corrected chi connectivity index (χ1v) is 9.91. The number of carbonyl (C=O) groups is 2. The molecule has 2 atom stereocenters. The normalized spacial score (nSPS) is 18.8. The molecule has 1 aliphatic rings. The smallest absolute Gasteiger partial charge is 0.422 e. The van der Waals surface area contributed by atoms with Crippen molar-refractivity contribution in [2.45, 2.75) is 11.5 Å². The Labute approximate surface area is 184 Å². The van der Waals surface area contributed by atoms with Crippen LogP contribution >= 0.6 is 0 Å². The average Bonchev–Trinajstić information content (AvgIpc) is 3.09. The molecule has 3 aromatic carbocycles. The number of nitro groups is 1. The summed E-state index contributed by atoms with van der Waals surface area (Å²) in [4.78, 5) is 39.1. The van der Waals surface area contributed by atoms with Gasteiger partial charge >= 0.3 is 6.09 Å². The molecule has 3 aromatic rings. The van der Waals surface area contributed by atoms with Crippen LogP contribution in [0.3, 0.4) is 0 Å². The molecule has 1 aliphatic heterocycles. The lowest BCUT2D eigenvalue weighted by Crippen LogP contribution is -2.46. The van der Waals surface area contributed by atoms with Crippen LogP contribution in [0, 0.1) is 10.1 Å². The third-order valence-electron chi connectivity index (χ3n) is 5.49. The van der Waals surface area contributed by atoms with E-state index in [0.29, 0.717) is 22.6 Å². The van der Waals surface area contributed by atoms with Gasteiger partial charge in [0.05, 0.1) is 12.8 Å². The maximum atomic E-state index is 13.9. The molecule has 1 fully saturated rings. The molecule has 1 heterocycles. The van der Waals surface area contributed by atoms with Crippen LogP contribution in [0.25, 0.3) is 0 Å². The Hall–Kier alpha value is -4.20. The SMILES string of the molecule is COc1cccc([C@@H](C[N+](=O)[O-])C2(c3ccccc3)OC(=O)N(c3ccccc3)C2=O)c1. The second-order valence-electron chi connectivity index (χ2n) is 7.29. The van der Waals surface area contributed by atoms with Crippen molar-refractivity contribution in [3.8, 4) is 5.75 Å². The van der Waals surface area contributed by atoms with E-state index in [1.807, 2.05) is 0 Å². The topological polar surface area (TPSA) is 99.0 Å². The number of hydrogen-bond acceptors (Lipinski definition) is 6. The summed E-state index contributed by atoms with van der Waals surface area (Å²) in [5.74, 6) is -1.31. The summed E-state index contributed by atoms with van der Waals surface area (Å²) in [6.07, 6.45) is -0.888. The van der Waals surface area contributed by atoms with Gasteiger partial charge in [-0.1, -0.05) is 60.7 Å². The van der Waals surface area contributed by atoms with Crippen LogP contribution in [-0.2, 0) is 15.1 Å². The van der Waals surface area contributed by atoms with Crippen molar-refractivity contribution in [2.75, 3.05) is 18.6 Å². The molecule has 0 aliphatic carbocycles. The summed E-state index contributed by atoms with van der Waals surface area (Å²) in [6.45, 7) is -0.635. The van der Waals surface area contributed by atoms with Crippen LogP contribution < -0.4 is 9.64 Å². The fraction of sp³-hybridized carbons (Fsp3) is 0.167. The molecule has 162 valence electrons. The summed E-state index contributed by atoms with van der Waals surface area (Å²) >= 11 is 0. The van der Waals surface area contributed by atoms with Gasteiger partial charge in [-0.15, -0.1) is 0 Å².